The van der Waals surface area contributed by atoms with Gasteiger partial charge in [0.2, 0.25) is 0 Å². The molecule has 1 fully saturated rings. The second kappa shape index (κ2) is 6.42. The van der Waals surface area contributed by atoms with Crippen LogP contribution in [0.2, 0.25) is 0 Å². The molecule has 2 aromatic rings. The van der Waals surface area contributed by atoms with E-state index in [2.05, 4.69) is 17.0 Å². The van der Waals surface area contributed by atoms with Crippen molar-refractivity contribution in [3.05, 3.63) is 35.6 Å². The summed E-state index contributed by atoms with van der Waals surface area (Å²) in [6.07, 6.45) is 6.73. The number of hydrogen-bond donors (Lipinski definition) is 1. The molecule has 20 heavy (non-hydrogen) atoms. The molecule has 1 aliphatic heterocycles. The second-order valence-corrected chi connectivity index (χ2v) is 5.75. The molecule has 0 unspecified atom stereocenters. The molecule has 1 aromatic heterocycles. The highest BCUT2D eigenvalue weighted by atomic mass is 16.3. The molecule has 3 heteroatoms. The highest BCUT2D eigenvalue weighted by Gasteiger charge is 2.16. The molecule has 1 aliphatic rings. The van der Waals surface area contributed by atoms with E-state index in [1.165, 1.54) is 56.1 Å². The largest absolute Gasteiger partial charge is 0.459 e. The number of furan rings is 1. The summed E-state index contributed by atoms with van der Waals surface area (Å²) in [5, 5.41) is 1.18. The molecule has 0 atom stereocenters. The monoisotopic (exact) mass is 272 g/mol. The molecule has 0 aliphatic carbocycles. The molecule has 0 bridgehead atoms. The van der Waals surface area contributed by atoms with Gasteiger partial charge in [0, 0.05) is 17.5 Å². The Hall–Kier alpha value is -1.32. The van der Waals surface area contributed by atoms with E-state index in [0.717, 1.165) is 17.9 Å². The quantitative estimate of drug-likeness (QED) is 0.927. The Morgan fingerprint density at radius 2 is 1.70 bits per heavy atom. The van der Waals surface area contributed by atoms with Crippen LogP contribution in [0.25, 0.3) is 11.0 Å². The van der Waals surface area contributed by atoms with E-state index < -0.39 is 0 Å². The molecule has 3 rings (SSSR count). The first kappa shape index (κ1) is 13.7. The lowest BCUT2D eigenvalue weighted by molar-refractivity contribution is 0.223. The van der Waals surface area contributed by atoms with Crippen molar-refractivity contribution >= 4 is 11.0 Å². The van der Waals surface area contributed by atoms with Crippen LogP contribution in [0.5, 0.6) is 0 Å². The Morgan fingerprint density at radius 1 is 1.00 bits per heavy atom. The standard InChI is InChI=1S/C17H24N2O/c18-12-15-14-8-4-5-9-16(14)20-17(15)13-19-10-6-2-1-3-7-11-19/h4-5,8-9H,1-3,6-7,10-13,18H2. The maximum Gasteiger partial charge on any atom is 0.134 e. The van der Waals surface area contributed by atoms with Gasteiger partial charge in [0.05, 0.1) is 6.54 Å². The number of fused-ring (bicyclic) bond motifs is 1. The first-order valence-corrected chi connectivity index (χ1v) is 7.80. The smallest absolute Gasteiger partial charge is 0.134 e. The van der Waals surface area contributed by atoms with Crippen molar-refractivity contribution in [2.24, 2.45) is 5.73 Å². The number of para-hydroxylation sites is 1. The fraction of sp³-hybridized carbons (Fsp3) is 0.529. The molecule has 1 saturated heterocycles. The van der Waals surface area contributed by atoms with Crippen molar-refractivity contribution in [2.75, 3.05) is 13.1 Å². The zero-order valence-corrected chi connectivity index (χ0v) is 12.1. The third-order valence-electron chi connectivity index (χ3n) is 4.30. The summed E-state index contributed by atoms with van der Waals surface area (Å²) < 4.78 is 6.04. The van der Waals surface area contributed by atoms with Crippen LogP contribution in [0, 0.1) is 0 Å². The molecule has 0 saturated carbocycles. The summed E-state index contributed by atoms with van der Waals surface area (Å²) in [6, 6.07) is 8.21. The van der Waals surface area contributed by atoms with Gasteiger partial charge in [-0.15, -0.1) is 0 Å². The number of nitrogens with zero attached hydrogens (tertiary/aromatic N) is 1. The molecular weight excluding hydrogens is 248 g/mol. The van der Waals surface area contributed by atoms with E-state index in [0.29, 0.717) is 6.54 Å². The van der Waals surface area contributed by atoms with Gasteiger partial charge in [0.1, 0.15) is 11.3 Å². The molecule has 0 amide bonds. The predicted molar refractivity (Wildman–Crippen MR) is 82.5 cm³/mol. The molecule has 0 radical (unpaired) electrons. The minimum atomic E-state index is 0.556. The Morgan fingerprint density at radius 3 is 2.45 bits per heavy atom. The molecule has 3 nitrogen and oxygen atoms in total. The lowest BCUT2D eigenvalue weighted by Gasteiger charge is -2.23. The summed E-state index contributed by atoms with van der Waals surface area (Å²) >= 11 is 0. The van der Waals surface area contributed by atoms with Crippen molar-refractivity contribution in [3.8, 4) is 0 Å². The van der Waals surface area contributed by atoms with Crippen molar-refractivity contribution < 1.29 is 4.42 Å². The van der Waals surface area contributed by atoms with Gasteiger partial charge < -0.3 is 10.2 Å². The van der Waals surface area contributed by atoms with E-state index in [1.54, 1.807) is 0 Å². The van der Waals surface area contributed by atoms with Crippen LogP contribution in [-0.2, 0) is 13.1 Å². The van der Waals surface area contributed by atoms with Gasteiger partial charge in [0.15, 0.2) is 0 Å². The Balaban J connectivity index is 1.82. The molecule has 2 N–H and O–H groups in total. The first-order valence-electron chi connectivity index (χ1n) is 7.80. The van der Waals surface area contributed by atoms with Crippen LogP contribution in [0.15, 0.2) is 28.7 Å². The van der Waals surface area contributed by atoms with E-state index in [4.69, 9.17) is 10.2 Å². The number of rotatable bonds is 3. The van der Waals surface area contributed by atoms with Crippen LogP contribution < -0.4 is 5.73 Å². The van der Waals surface area contributed by atoms with Crippen LogP contribution in [0.1, 0.15) is 43.4 Å². The average Bonchev–Trinajstić information content (AvgIpc) is 2.78. The molecule has 1 aromatic carbocycles. The van der Waals surface area contributed by atoms with E-state index in [-0.39, 0.29) is 0 Å². The van der Waals surface area contributed by atoms with Gasteiger partial charge >= 0.3 is 0 Å². The van der Waals surface area contributed by atoms with Gasteiger partial charge in [0.25, 0.3) is 0 Å². The minimum absolute atomic E-state index is 0.556. The van der Waals surface area contributed by atoms with Gasteiger partial charge in [-0.2, -0.15) is 0 Å². The fourth-order valence-corrected chi connectivity index (χ4v) is 3.18. The summed E-state index contributed by atoms with van der Waals surface area (Å²) in [6.45, 7) is 3.82. The highest BCUT2D eigenvalue weighted by Crippen LogP contribution is 2.27. The van der Waals surface area contributed by atoms with E-state index >= 15 is 0 Å². The average molecular weight is 272 g/mol. The van der Waals surface area contributed by atoms with Crippen LogP contribution in [-0.4, -0.2) is 18.0 Å². The van der Waals surface area contributed by atoms with Crippen LogP contribution in [0.4, 0.5) is 0 Å². The molecule has 2 heterocycles. The van der Waals surface area contributed by atoms with E-state index in [9.17, 15) is 0 Å². The number of hydrogen-bond acceptors (Lipinski definition) is 3. The molecular formula is C17H24N2O. The first-order chi connectivity index (χ1) is 9.88. The highest BCUT2D eigenvalue weighted by molar-refractivity contribution is 5.82. The van der Waals surface area contributed by atoms with E-state index in [1.807, 2.05) is 12.1 Å². The normalized spacial score (nSPS) is 18.1. The van der Waals surface area contributed by atoms with Crippen molar-refractivity contribution in [1.82, 2.24) is 4.90 Å². The summed E-state index contributed by atoms with van der Waals surface area (Å²) in [5.41, 5.74) is 8.09. The Labute approximate surface area is 120 Å². The Bertz CT molecular complexity index is 553. The molecule has 0 spiro atoms. The lowest BCUT2D eigenvalue weighted by atomic mass is 10.1. The summed E-state index contributed by atoms with van der Waals surface area (Å²) in [7, 11) is 0. The number of likely N-dealkylation sites (tertiary alicyclic amines) is 1. The zero-order chi connectivity index (χ0) is 13.8. The van der Waals surface area contributed by atoms with Gasteiger partial charge in [-0.25, -0.2) is 0 Å². The number of benzene rings is 1. The van der Waals surface area contributed by atoms with Crippen molar-refractivity contribution in [3.63, 3.8) is 0 Å². The minimum Gasteiger partial charge on any atom is -0.459 e. The topological polar surface area (TPSA) is 42.4 Å². The van der Waals surface area contributed by atoms with Crippen LogP contribution in [0.3, 0.4) is 0 Å². The summed E-state index contributed by atoms with van der Waals surface area (Å²) in [4.78, 5) is 2.52. The SMILES string of the molecule is NCc1c(CN2CCCCCCC2)oc2ccccc12. The maximum atomic E-state index is 6.04. The van der Waals surface area contributed by atoms with Crippen molar-refractivity contribution in [2.45, 2.75) is 45.2 Å². The van der Waals surface area contributed by atoms with Gasteiger partial charge in [-0.05, 0) is 32.0 Å². The Kier molecular flexibility index (Phi) is 4.38. The predicted octanol–water partition coefficient (Wildman–Crippen LogP) is 3.66. The second-order valence-electron chi connectivity index (χ2n) is 5.75. The third kappa shape index (κ3) is 2.89. The maximum absolute atomic E-state index is 6.04. The van der Waals surface area contributed by atoms with Gasteiger partial charge in [-0.1, -0.05) is 37.5 Å². The fourth-order valence-electron chi connectivity index (χ4n) is 3.18. The zero-order valence-electron chi connectivity index (χ0n) is 12.1. The third-order valence-corrected chi connectivity index (χ3v) is 4.30. The lowest BCUT2D eigenvalue weighted by Crippen LogP contribution is -2.27. The van der Waals surface area contributed by atoms with Gasteiger partial charge in [-0.3, -0.25) is 4.90 Å². The van der Waals surface area contributed by atoms with Crippen molar-refractivity contribution in [1.29, 1.82) is 0 Å². The molecule has 108 valence electrons. The number of nitrogens with two attached hydrogens (primary N) is 1. The summed E-state index contributed by atoms with van der Waals surface area (Å²) in [5.74, 6) is 1.06. The van der Waals surface area contributed by atoms with Crippen LogP contribution >= 0.6 is 0 Å².